The third kappa shape index (κ3) is 1.50. The molecule has 0 amide bonds. The number of benzene rings is 2. The predicted octanol–water partition coefficient (Wildman–Crippen LogP) is 5.39. The van der Waals surface area contributed by atoms with E-state index in [4.69, 9.17) is 0 Å². The topological polar surface area (TPSA) is 17.1 Å². The van der Waals surface area contributed by atoms with Crippen LogP contribution in [0.5, 0.6) is 0 Å². The first kappa shape index (κ1) is 14.2. The van der Waals surface area contributed by atoms with E-state index in [2.05, 4.69) is 36.4 Å². The van der Waals surface area contributed by atoms with Crippen molar-refractivity contribution in [3.05, 3.63) is 59.2 Å². The van der Waals surface area contributed by atoms with Crippen molar-refractivity contribution in [2.24, 2.45) is 41.4 Å². The Morgan fingerprint density at radius 2 is 1.69 bits per heavy atom. The summed E-state index contributed by atoms with van der Waals surface area (Å²) in [7, 11) is 0. The van der Waals surface area contributed by atoms with Crippen molar-refractivity contribution in [2.45, 2.75) is 32.1 Å². The average Bonchev–Trinajstić information content (AvgIpc) is 3.42. The SMILES string of the molecule is CC(=O)c1ccc2ccc3c(c2c1)C1C(C3)C2CC1C1C3C=CC(C3)C21. The van der Waals surface area contributed by atoms with Crippen LogP contribution < -0.4 is 0 Å². The molecule has 5 aliphatic rings. The molecule has 8 unspecified atom stereocenters. The summed E-state index contributed by atoms with van der Waals surface area (Å²) >= 11 is 0. The molecule has 4 bridgehead atoms. The number of allylic oxidation sites excluding steroid dienone is 2. The van der Waals surface area contributed by atoms with Crippen LogP contribution in [0.3, 0.4) is 0 Å². The van der Waals surface area contributed by atoms with E-state index in [1.807, 2.05) is 6.07 Å². The minimum atomic E-state index is 0.185. The second kappa shape index (κ2) is 4.50. The minimum absolute atomic E-state index is 0.185. The zero-order valence-corrected chi connectivity index (χ0v) is 15.2. The lowest BCUT2D eigenvalue weighted by Crippen LogP contribution is -2.34. The maximum atomic E-state index is 12.0. The maximum absolute atomic E-state index is 12.0. The Hall–Kier alpha value is -1.89. The number of Topliss-reactive ketones (excluding diaryl/α,β-unsaturated/α-hetero) is 1. The van der Waals surface area contributed by atoms with Crippen LogP contribution in [0.2, 0.25) is 0 Å². The Morgan fingerprint density at radius 1 is 0.923 bits per heavy atom. The van der Waals surface area contributed by atoms with Gasteiger partial charge in [0, 0.05) is 5.56 Å². The van der Waals surface area contributed by atoms with Crippen LogP contribution in [0, 0.1) is 41.4 Å². The third-order valence-electron chi connectivity index (χ3n) is 8.94. The lowest BCUT2D eigenvalue weighted by atomic mass is 9.65. The molecule has 0 heterocycles. The van der Waals surface area contributed by atoms with Crippen LogP contribution in [-0.4, -0.2) is 5.78 Å². The fraction of sp³-hybridized carbons (Fsp3) is 0.480. The number of hydrogen-bond acceptors (Lipinski definition) is 1. The van der Waals surface area contributed by atoms with E-state index in [0.717, 1.165) is 52.9 Å². The lowest BCUT2D eigenvalue weighted by molar-refractivity contribution is 0.101. The molecule has 130 valence electrons. The Kier molecular flexibility index (Phi) is 2.46. The van der Waals surface area contributed by atoms with Gasteiger partial charge in [-0.2, -0.15) is 0 Å². The van der Waals surface area contributed by atoms with Crippen LogP contribution in [0.1, 0.15) is 47.2 Å². The van der Waals surface area contributed by atoms with Gasteiger partial charge in [-0.1, -0.05) is 36.4 Å². The quantitative estimate of drug-likeness (QED) is 0.387. The molecule has 3 saturated carbocycles. The molecule has 3 fully saturated rings. The third-order valence-corrected chi connectivity index (χ3v) is 8.94. The molecule has 0 N–H and O–H groups in total. The van der Waals surface area contributed by atoms with Crippen LogP contribution in [-0.2, 0) is 6.42 Å². The molecule has 1 nitrogen and oxygen atoms in total. The van der Waals surface area contributed by atoms with Gasteiger partial charge in [0.05, 0.1) is 0 Å². The highest BCUT2D eigenvalue weighted by atomic mass is 16.1. The summed E-state index contributed by atoms with van der Waals surface area (Å²) in [5.74, 6) is 7.36. The second-order valence-electron chi connectivity index (χ2n) is 9.69. The van der Waals surface area contributed by atoms with Crippen LogP contribution in [0.25, 0.3) is 10.8 Å². The number of hydrogen-bond donors (Lipinski definition) is 0. The number of carbonyl (C=O) groups excluding carboxylic acids is 1. The molecule has 2 aromatic carbocycles. The van der Waals surface area contributed by atoms with Gasteiger partial charge in [-0.15, -0.1) is 0 Å². The van der Waals surface area contributed by atoms with Gasteiger partial charge in [-0.3, -0.25) is 4.79 Å². The molecule has 0 saturated heterocycles. The van der Waals surface area contributed by atoms with Crippen molar-refractivity contribution in [3.63, 3.8) is 0 Å². The molecule has 7 rings (SSSR count). The van der Waals surface area contributed by atoms with E-state index in [-0.39, 0.29) is 5.78 Å². The Bertz CT molecular complexity index is 1010. The summed E-state index contributed by atoms with van der Waals surface area (Å²) in [5, 5.41) is 2.70. The highest BCUT2D eigenvalue weighted by Crippen LogP contribution is 2.73. The molecule has 2 aromatic rings. The summed E-state index contributed by atoms with van der Waals surface area (Å²) in [5.41, 5.74) is 4.09. The van der Waals surface area contributed by atoms with Crippen molar-refractivity contribution >= 4 is 16.6 Å². The van der Waals surface area contributed by atoms with Crippen molar-refractivity contribution in [2.75, 3.05) is 0 Å². The fourth-order valence-corrected chi connectivity index (χ4v) is 8.30. The van der Waals surface area contributed by atoms with Crippen LogP contribution in [0.15, 0.2) is 42.5 Å². The molecule has 0 aliphatic heterocycles. The van der Waals surface area contributed by atoms with Crippen LogP contribution >= 0.6 is 0 Å². The first-order valence-electron chi connectivity index (χ1n) is 10.5. The predicted molar refractivity (Wildman–Crippen MR) is 103 cm³/mol. The van der Waals surface area contributed by atoms with E-state index in [1.54, 1.807) is 18.1 Å². The summed E-state index contributed by atoms with van der Waals surface area (Å²) in [6.45, 7) is 1.69. The van der Waals surface area contributed by atoms with Crippen LogP contribution in [0.4, 0.5) is 0 Å². The van der Waals surface area contributed by atoms with Gasteiger partial charge < -0.3 is 0 Å². The van der Waals surface area contributed by atoms with Crippen molar-refractivity contribution in [1.29, 1.82) is 0 Å². The van der Waals surface area contributed by atoms with E-state index in [9.17, 15) is 4.79 Å². The molecule has 5 aliphatic carbocycles. The monoisotopic (exact) mass is 340 g/mol. The van der Waals surface area contributed by atoms with Gasteiger partial charge in [-0.05, 0) is 101 Å². The Balaban J connectivity index is 1.42. The summed E-state index contributed by atoms with van der Waals surface area (Å²) in [6, 6.07) is 11.0. The zero-order chi connectivity index (χ0) is 17.2. The largest absolute Gasteiger partial charge is 0.295 e. The molecule has 0 spiro atoms. The molecule has 0 radical (unpaired) electrons. The highest BCUT2D eigenvalue weighted by molar-refractivity contribution is 5.99. The van der Waals surface area contributed by atoms with Gasteiger partial charge in [-0.25, -0.2) is 0 Å². The summed E-state index contributed by atoms with van der Waals surface area (Å²) in [4.78, 5) is 12.0. The Morgan fingerprint density at radius 3 is 2.50 bits per heavy atom. The number of rotatable bonds is 1. The van der Waals surface area contributed by atoms with Crippen molar-refractivity contribution in [1.82, 2.24) is 0 Å². The molecule has 1 heteroatoms. The standard InChI is InChI=1S/C25H24O/c1-12(26)14-4-2-13-3-5-17-10-19-20-11-21(25(19)22(17)18(13)9-14)24-16-7-6-15(8-16)23(20)24/h2-7,9,15-16,19-21,23-25H,8,10-11H2,1H3. The Labute approximate surface area is 154 Å². The first-order chi connectivity index (χ1) is 12.7. The smallest absolute Gasteiger partial charge is 0.159 e. The zero-order valence-electron chi connectivity index (χ0n) is 15.2. The highest BCUT2D eigenvalue weighted by Gasteiger charge is 2.66. The first-order valence-corrected chi connectivity index (χ1v) is 10.5. The summed E-state index contributed by atoms with van der Waals surface area (Å²) < 4.78 is 0. The number of ketones is 1. The molecular weight excluding hydrogens is 316 g/mol. The van der Waals surface area contributed by atoms with E-state index in [1.165, 1.54) is 30.0 Å². The van der Waals surface area contributed by atoms with Crippen molar-refractivity contribution < 1.29 is 4.79 Å². The number of fused-ring (bicyclic) bond motifs is 16. The van der Waals surface area contributed by atoms with E-state index in [0.29, 0.717) is 0 Å². The van der Waals surface area contributed by atoms with Crippen molar-refractivity contribution in [3.8, 4) is 0 Å². The van der Waals surface area contributed by atoms with E-state index >= 15 is 0 Å². The molecule has 0 aromatic heterocycles. The second-order valence-corrected chi connectivity index (χ2v) is 9.69. The van der Waals surface area contributed by atoms with Gasteiger partial charge in [0.2, 0.25) is 0 Å². The van der Waals surface area contributed by atoms with E-state index < -0.39 is 0 Å². The number of carbonyl (C=O) groups is 1. The lowest BCUT2D eigenvalue weighted by Gasteiger charge is -2.39. The average molecular weight is 340 g/mol. The maximum Gasteiger partial charge on any atom is 0.159 e. The normalized spacial score (nSPS) is 43.1. The molecular formula is C25H24O. The summed E-state index contributed by atoms with van der Waals surface area (Å²) in [6.07, 6.45) is 9.30. The van der Waals surface area contributed by atoms with Gasteiger partial charge >= 0.3 is 0 Å². The molecule has 26 heavy (non-hydrogen) atoms. The van der Waals surface area contributed by atoms with Gasteiger partial charge in [0.15, 0.2) is 5.78 Å². The van der Waals surface area contributed by atoms with Gasteiger partial charge in [0.25, 0.3) is 0 Å². The molecule has 8 atom stereocenters. The fourth-order valence-electron chi connectivity index (χ4n) is 8.30. The van der Waals surface area contributed by atoms with Gasteiger partial charge in [0.1, 0.15) is 0 Å². The minimum Gasteiger partial charge on any atom is -0.295 e.